The minimum Gasteiger partial charge on any atom is -0.460 e. The molecule has 17 heavy (non-hydrogen) atoms. The van der Waals surface area contributed by atoms with Crippen molar-refractivity contribution >= 4 is 21.7 Å². The summed E-state index contributed by atoms with van der Waals surface area (Å²) >= 11 is 2.62. The molecular formula is C8H3BrF6O2. The number of hydrogen-bond acceptors (Lipinski definition) is 2. The first-order chi connectivity index (χ1) is 7.55. The highest BCUT2D eigenvalue weighted by molar-refractivity contribution is 9.10. The van der Waals surface area contributed by atoms with Crippen LogP contribution in [-0.2, 0) is 0 Å². The van der Waals surface area contributed by atoms with Crippen LogP contribution in [0, 0.1) is 5.92 Å². The minimum absolute atomic E-state index is 0.263. The Morgan fingerprint density at radius 3 is 1.94 bits per heavy atom. The molecule has 0 fully saturated rings. The van der Waals surface area contributed by atoms with E-state index >= 15 is 0 Å². The van der Waals surface area contributed by atoms with Gasteiger partial charge in [-0.1, -0.05) is 0 Å². The molecule has 0 aliphatic heterocycles. The van der Waals surface area contributed by atoms with E-state index in [2.05, 4.69) is 20.3 Å². The zero-order chi connectivity index (χ0) is 13.4. The van der Waals surface area contributed by atoms with Gasteiger partial charge in [-0.15, -0.1) is 0 Å². The Morgan fingerprint density at radius 1 is 1.18 bits per heavy atom. The molecule has 1 aromatic heterocycles. The molecule has 0 saturated heterocycles. The van der Waals surface area contributed by atoms with Crippen molar-refractivity contribution in [1.29, 1.82) is 0 Å². The van der Waals surface area contributed by atoms with E-state index in [9.17, 15) is 31.1 Å². The Morgan fingerprint density at radius 2 is 1.65 bits per heavy atom. The van der Waals surface area contributed by atoms with Crippen LogP contribution in [0.3, 0.4) is 0 Å². The molecule has 96 valence electrons. The molecule has 0 aromatic carbocycles. The Hall–Kier alpha value is -0.990. The number of hydrogen-bond donors (Lipinski definition) is 0. The molecule has 0 saturated carbocycles. The first-order valence-corrected chi connectivity index (χ1v) is 4.75. The van der Waals surface area contributed by atoms with Gasteiger partial charge in [0.15, 0.2) is 5.76 Å². The molecule has 0 bridgehead atoms. The Labute approximate surface area is 98.7 Å². The minimum atomic E-state index is -5.72. The topological polar surface area (TPSA) is 30.2 Å². The molecule has 0 N–H and O–H groups in total. The number of rotatable bonds is 2. The monoisotopic (exact) mass is 324 g/mol. The summed E-state index contributed by atoms with van der Waals surface area (Å²) in [6.45, 7) is 0. The van der Waals surface area contributed by atoms with Crippen molar-refractivity contribution in [3.8, 4) is 0 Å². The Bertz CT molecular complexity index is 404. The van der Waals surface area contributed by atoms with Crippen LogP contribution in [0.4, 0.5) is 26.3 Å². The quantitative estimate of drug-likeness (QED) is 0.608. The highest BCUT2D eigenvalue weighted by Crippen LogP contribution is 2.42. The van der Waals surface area contributed by atoms with Gasteiger partial charge in [-0.05, 0) is 22.0 Å². The summed E-state index contributed by atoms with van der Waals surface area (Å²) in [4.78, 5) is 11.2. The molecule has 1 heterocycles. The van der Waals surface area contributed by atoms with Crippen molar-refractivity contribution in [1.82, 2.24) is 0 Å². The SMILES string of the molecule is O=C(c1occc1Br)C(C(F)(F)F)C(F)(F)F. The maximum atomic E-state index is 12.2. The number of carbonyl (C=O) groups excluding carboxylic acids is 1. The predicted molar refractivity (Wildman–Crippen MR) is 46.3 cm³/mol. The second kappa shape index (κ2) is 4.35. The van der Waals surface area contributed by atoms with Gasteiger partial charge in [-0.2, -0.15) is 26.3 Å². The molecule has 0 radical (unpaired) electrons. The highest BCUT2D eigenvalue weighted by atomic mass is 79.9. The smallest absolute Gasteiger partial charge is 0.407 e. The van der Waals surface area contributed by atoms with Crippen molar-refractivity contribution < 1.29 is 35.6 Å². The summed E-state index contributed by atoms with van der Waals surface area (Å²) in [6.07, 6.45) is -10.6. The van der Waals surface area contributed by atoms with E-state index < -0.39 is 29.8 Å². The van der Waals surface area contributed by atoms with Crippen LogP contribution < -0.4 is 0 Å². The molecular weight excluding hydrogens is 322 g/mol. The fraction of sp³-hybridized carbons (Fsp3) is 0.375. The summed E-state index contributed by atoms with van der Waals surface area (Å²) in [5.74, 6) is -7.27. The summed E-state index contributed by atoms with van der Waals surface area (Å²) < 4.78 is 77.2. The van der Waals surface area contributed by atoms with Gasteiger partial charge in [-0.3, -0.25) is 4.79 Å². The van der Waals surface area contributed by atoms with Crippen LogP contribution in [0.25, 0.3) is 0 Å². The first kappa shape index (κ1) is 14.1. The second-order valence-corrected chi connectivity index (χ2v) is 3.83. The summed E-state index contributed by atoms with van der Waals surface area (Å²) in [7, 11) is 0. The van der Waals surface area contributed by atoms with Crippen molar-refractivity contribution in [3.05, 3.63) is 22.6 Å². The maximum absolute atomic E-state index is 12.2. The van der Waals surface area contributed by atoms with Crippen LogP contribution in [0.15, 0.2) is 21.2 Å². The van der Waals surface area contributed by atoms with Crippen LogP contribution in [0.5, 0.6) is 0 Å². The van der Waals surface area contributed by atoms with E-state index in [0.29, 0.717) is 0 Å². The third-order valence-corrected chi connectivity index (χ3v) is 2.38. The van der Waals surface area contributed by atoms with Crippen molar-refractivity contribution in [2.45, 2.75) is 12.4 Å². The first-order valence-electron chi connectivity index (χ1n) is 3.95. The molecule has 9 heteroatoms. The second-order valence-electron chi connectivity index (χ2n) is 2.98. The Kier molecular flexibility index (Phi) is 3.60. The van der Waals surface area contributed by atoms with E-state index in [0.717, 1.165) is 12.3 Å². The highest BCUT2D eigenvalue weighted by Gasteiger charge is 2.61. The third-order valence-electron chi connectivity index (χ3n) is 1.76. The average Bonchev–Trinajstić information content (AvgIpc) is 2.45. The van der Waals surface area contributed by atoms with Crippen molar-refractivity contribution in [3.63, 3.8) is 0 Å². The number of furan rings is 1. The molecule has 1 rings (SSSR count). The lowest BCUT2D eigenvalue weighted by molar-refractivity contribution is -0.265. The van der Waals surface area contributed by atoms with E-state index in [1.165, 1.54) is 0 Å². The summed E-state index contributed by atoms with van der Waals surface area (Å²) in [6, 6.07) is 1.02. The predicted octanol–water partition coefficient (Wildman–Crippen LogP) is 3.97. The van der Waals surface area contributed by atoms with Crippen molar-refractivity contribution in [2.24, 2.45) is 5.92 Å². The fourth-order valence-electron chi connectivity index (χ4n) is 1.08. The van der Waals surface area contributed by atoms with Crippen LogP contribution in [-0.4, -0.2) is 18.1 Å². The molecule has 0 spiro atoms. The van der Waals surface area contributed by atoms with Crippen LogP contribution in [0.2, 0.25) is 0 Å². The number of ketones is 1. The van der Waals surface area contributed by atoms with Gasteiger partial charge in [0.25, 0.3) is 0 Å². The Balaban J connectivity index is 3.18. The molecule has 0 amide bonds. The van der Waals surface area contributed by atoms with Gasteiger partial charge < -0.3 is 4.42 Å². The molecule has 1 aromatic rings. The van der Waals surface area contributed by atoms with Gasteiger partial charge >= 0.3 is 12.4 Å². The number of halogens is 7. The van der Waals surface area contributed by atoms with Gasteiger partial charge in [0, 0.05) is 0 Å². The van der Waals surface area contributed by atoms with Gasteiger partial charge in [0.05, 0.1) is 10.7 Å². The average molecular weight is 325 g/mol. The molecule has 2 nitrogen and oxygen atoms in total. The van der Waals surface area contributed by atoms with Gasteiger partial charge in [-0.25, -0.2) is 0 Å². The van der Waals surface area contributed by atoms with E-state index in [4.69, 9.17) is 0 Å². The van der Waals surface area contributed by atoms with Crippen LogP contribution >= 0.6 is 15.9 Å². The fourth-order valence-corrected chi connectivity index (χ4v) is 1.48. The lowest BCUT2D eigenvalue weighted by Gasteiger charge is -2.20. The third kappa shape index (κ3) is 3.02. The largest absolute Gasteiger partial charge is 0.460 e. The van der Waals surface area contributed by atoms with E-state index in [-0.39, 0.29) is 4.47 Å². The van der Waals surface area contributed by atoms with Crippen LogP contribution in [0.1, 0.15) is 10.6 Å². The summed E-state index contributed by atoms with van der Waals surface area (Å²) in [5.41, 5.74) is 0. The van der Waals surface area contributed by atoms with Gasteiger partial charge in [0.1, 0.15) is 0 Å². The molecule has 0 atom stereocenters. The zero-order valence-electron chi connectivity index (χ0n) is 7.69. The molecule has 0 aliphatic rings. The number of Topliss-reactive ketones (excluding diaryl/α,β-unsaturated/α-hetero) is 1. The lowest BCUT2D eigenvalue weighted by atomic mass is 10.0. The normalized spacial score (nSPS) is 13.2. The lowest BCUT2D eigenvalue weighted by Crippen LogP contribution is -2.42. The van der Waals surface area contributed by atoms with Gasteiger partial charge in [0.2, 0.25) is 11.7 Å². The standard InChI is InChI=1S/C8H3BrF6O2/c9-3-1-2-17-5(3)4(16)6(7(10,11)12)8(13,14)15/h1-2,6H. The zero-order valence-corrected chi connectivity index (χ0v) is 9.28. The molecule has 0 aliphatic carbocycles. The summed E-state index contributed by atoms with van der Waals surface area (Å²) in [5, 5.41) is 0. The maximum Gasteiger partial charge on any atom is 0.407 e. The number of alkyl halides is 6. The van der Waals surface area contributed by atoms with E-state index in [1.807, 2.05) is 0 Å². The van der Waals surface area contributed by atoms with Crippen molar-refractivity contribution in [2.75, 3.05) is 0 Å². The molecule has 0 unspecified atom stereocenters. The van der Waals surface area contributed by atoms with E-state index in [1.54, 1.807) is 0 Å². The number of carbonyl (C=O) groups is 1.